The highest BCUT2D eigenvalue weighted by molar-refractivity contribution is 7.09. The molecule has 0 spiro atoms. The van der Waals surface area contributed by atoms with E-state index in [0.29, 0.717) is 12.8 Å². The number of anilines is 1. The monoisotopic (exact) mass is 260 g/mol. The van der Waals surface area contributed by atoms with Crippen molar-refractivity contribution in [2.45, 2.75) is 26.2 Å². The van der Waals surface area contributed by atoms with Gasteiger partial charge < -0.3 is 5.32 Å². The van der Waals surface area contributed by atoms with Gasteiger partial charge in [0.25, 0.3) is 0 Å². The minimum absolute atomic E-state index is 0.0365. The Morgan fingerprint density at radius 2 is 2.11 bits per heavy atom. The summed E-state index contributed by atoms with van der Waals surface area (Å²) < 4.78 is 0. The highest BCUT2D eigenvalue weighted by atomic mass is 32.1. The van der Waals surface area contributed by atoms with Crippen LogP contribution in [0.4, 0.5) is 5.69 Å². The van der Waals surface area contributed by atoms with Crippen LogP contribution in [0, 0.1) is 0 Å². The van der Waals surface area contributed by atoms with Gasteiger partial charge in [0.15, 0.2) is 0 Å². The standard InChI is InChI=1S/C14H16N2OS/c1-2-11-3-5-12(6-4-11)16-13(17)7-8-14-15-9-10-18-14/h3-6,9-10H,2,7-8H2,1H3,(H,16,17). The third-order valence-electron chi connectivity index (χ3n) is 2.70. The molecule has 2 aromatic rings. The first-order valence-electron chi connectivity index (χ1n) is 6.05. The van der Waals surface area contributed by atoms with Crippen LogP contribution in [0.2, 0.25) is 0 Å². The summed E-state index contributed by atoms with van der Waals surface area (Å²) in [5, 5.41) is 5.83. The summed E-state index contributed by atoms with van der Waals surface area (Å²) in [7, 11) is 0. The molecule has 0 atom stereocenters. The van der Waals surface area contributed by atoms with Gasteiger partial charge in [-0.1, -0.05) is 19.1 Å². The van der Waals surface area contributed by atoms with Gasteiger partial charge in [-0.3, -0.25) is 4.79 Å². The Hall–Kier alpha value is -1.68. The maximum Gasteiger partial charge on any atom is 0.224 e. The van der Waals surface area contributed by atoms with Crippen molar-refractivity contribution in [2.75, 3.05) is 5.32 Å². The lowest BCUT2D eigenvalue weighted by Crippen LogP contribution is -2.12. The molecule has 1 amide bonds. The molecule has 0 aliphatic rings. The van der Waals surface area contributed by atoms with E-state index in [1.165, 1.54) is 5.56 Å². The average molecular weight is 260 g/mol. The lowest BCUT2D eigenvalue weighted by molar-refractivity contribution is -0.116. The maximum absolute atomic E-state index is 11.7. The van der Waals surface area contributed by atoms with Crippen LogP contribution < -0.4 is 5.32 Å². The number of carbonyl (C=O) groups excluding carboxylic acids is 1. The summed E-state index contributed by atoms with van der Waals surface area (Å²) in [4.78, 5) is 15.9. The highest BCUT2D eigenvalue weighted by Crippen LogP contribution is 2.11. The molecule has 0 unspecified atom stereocenters. The Labute approximate surface area is 111 Å². The van der Waals surface area contributed by atoms with E-state index in [1.807, 2.05) is 29.6 Å². The molecule has 0 saturated heterocycles. The van der Waals surface area contributed by atoms with Crippen molar-refractivity contribution in [1.82, 2.24) is 4.98 Å². The maximum atomic E-state index is 11.7. The number of thiazole rings is 1. The number of nitrogens with zero attached hydrogens (tertiary/aromatic N) is 1. The minimum atomic E-state index is 0.0365. The Balaban J connectivity index is 1.83. The van der Waals surface area contributed by atoms with Crippen LogP contribution in [-0.4, -0.2) is 10.9 Å². The number of carbonyl (C=O) groups is 1. The molecule has 1 N–H and O–H groups in total. The Kier molecular flexibility index (Phi) is 4.47. The van der Waals surface area contributed by atoms with Crippen LogP contribution in [0.3, 0.4) is 0 Å². The predicted octanol–water partition coefficient (Wildman–Crippen LogP) is 3.28. The van der Waals surface area contributed by atoms with E-state index in [4.69, 9.17) is 0 Å². The first kappa shape index (κ1) is 12.8. The van der Waals surface area contributed by atoms with E-state index in [0.717, 1.165) is 17.1 Å². The molecule has 1 aromatic carbocycles. The van der Waals surface area contributed by atoms with E-state index in [1.54, 1.807) is 17.5 Å². The number of benzene rings is 1. The smallest absolute Gasteiger partial charge is 0.224 e. The highest BCUT2D eigenvalue weighted by Gasteiger charge is 2.04. The van der Waals surface area contributed by atoms with Crippen molar-refractivity contribution >= 4 is 22.9 Å². The quantitative estimate of drug-likeness (QED) is 0.896. The van der Waals surface area contributed by atoms with Crippen LogP contribution in [0.5, 0.6) is 0 Å². The van der Waals surface area contributed by atoms with E-state index < -0.39 is 0 Å². The second-order valence-corrected chi connectivity index (χ2v) is 5.00. The zero-order chi connectivity index (χ0) is 12.8. The lowest BCUT2D eigenvalue weighted by atomic mass is 10.1. The summed E-state index contributed by atoms with van der Waals surface area (Å²) in [5.74, 6) is 0.0365. The first-order chi connectivity index (χ1) is 8.78. The molecular weight excluding hydrogens is 244 g/mol. The molecule has 1 aromatic heterocycles. The van der Waals surface area contributed by atoms with Gasteiger partial charge in [0.05, 0.1) is 5.01 Å². The number of aromatic nitrogens is 1. The van der Waals surface area contributed by atoms with Gasteiger partial charge in [-0.2, -0.15) is 0 Å². The predicted molar refractivity (Wildman–Crippen MR) is 74.9 cm³/mol. The van der Waals surface area contributed by atoms with Gasteiger partial charge in [0, 0.05) is 30.1 Å². The fourth-order valence-electron chi connectivity index (χ4n) is 1.64. The molecule has 1 heterocycles. The Morgan fingerprint density at radius 3 is 2.72 bits per heavy atom. The molecule has 2 rings (SSSR count). The molecule has 0 radical (unpaired) electrons. The van der Waals surface area contributed by atoms with Gasteiger partial charge >= 0.3 is 0 Å². The van der Waals surface area contributed by atoms with E-state index in [-0.39, 0.29) is 5.91 Å². The summed E-state index contributed by atoms with van der Waals surface area (Å²) in [5.41, 5.74) is 2.13. The number of hydrogen-bond donors (Lipinski definition) is 1. The second kappa shape index (κ2) is 6.31. The largest absolute Gasteiger partial charge is 0.326 e. The number of hydrogen-bond acceptors (Lipinski definition) is 3. The zero-order valence-electron chi connectivity index (χ0n) is 10.3. The van der Waals surface area contributed by atoms with Crippen molar-refractivity contribution < 1.29 is 4.79 Å². The summed E-state index contributed by atoms with van der Waals surface area (Å²) in [6.45, 7) is 2.11. The Morgan fingerprint density at radius 1 is 1.33 bits per heavy atom. The SMILES string of the molecule is CCc1ccc(NC(=O)CCc2nccs2)cc1. The fraction of sp³-hybridized carbons (Fsp3) is 0.286. The first-order valence-corrected chi connectivity index (χ1v) is 6.93. The summed E-state index contributed by atoms with van der Waals surface area (Å²) in [6.07, 6.45) is 3.96. The third-order valence-corrected chi connectivity index (χ3v) is 3.53. The van der Waals surface area contributed by atoms with Gasteiger partial charge in [0.1, 0.15) is 0 Å². The minimum Gasteiger partial charge on any atom is -0.326 e. The number of aryl methyl sites for hydroxylation is 2. The molecule has 0 aliphatic carbocycles. The Bertz CT molecular complexity index is 491. The number of nitrogens with one attached hydrogen (secondary N) is 1. The molecule has 0 saturated carbocycles. The van der Waals surface area contributed by atoms with E-state index in [9.17, 15) is 4.79 Å². The molecular formula is C14H16N2OS. The van der Waals surface area contributed by atoms with E-state index in [2.05, 4.69) is 17.2 Å². The number of rotatable bonds is 5. The summed E-state index contributed by atoms with van der Waals surface area (Å²) in [6, 6.07) is 7.97. The fourth-order valence-corrected chi connectivity index (χ4v) is 2.26. The van der Waals surface area contributed by atoms with Crippen LogP contribution in [-0.2, 0) is 17.6 Å². The molecule has 4 heteroatoms. The van der Waals surface area contributed by atoms with Gasteiger partial charge in [-0.05, 0) is 24.1 Å². The van der Waals surface area contributed by atoms with Crippen LogP contribution in [0.25, 0.3) is 0 Å². The van der Waals surface area contributed by atoms with Crippen molar-refractivity contribution in [3.63, 3.8) is 0 Å². The number of amides is 1. The van der Waals surface area contributed by atoms with Gasteiger partial charge in [-0.15, -0.1) is 11.3 Å². The second-order valence-electron chi connectivity index (χ2n) is 4.02. The molecule has 18 heavy (non-hydrogen) atoms. The summed E-state index contributed by atoms with van der Waals surface area (Å²) >= 11 is 1.59. The average Bonchev–Trinajstić information content (AvgIpc) is 2.90. The van der Waals surface area contributed by atoms with Crippen molar-refractivity contribution in [2.24, 2.45) is 0 Å². The van der Waals surface area contributed by atoms with Gasteiger partial charge in [0.2, 0.25) is 5.91 Å². The molecule has 0 fully saturated rings. The molecule has 0 aliphatic heterocycles. The van der Waals surface area contributed by atoms with E-state index >= 15 is 0 Å². The zero-order valence-corrected chi connectivity index (χ0v) is 11.2. The van der Waals surface area contributed by atoms with Crippen LogP contribution >= 0.6 is 11.3 Å². The van der Waals surface area contributed by atoms with Crippen LogP contribution in [0.15, 0.2) is 35.8 Å². The van der Waals surface area contributed by atoms with Crippen molar-refractivity contribution in [3.05, 3.63) is 46.4 Å². The van der Waals surface area contributed by atoms with Crippen LogP contribution in [0.1, 0.15) is 23.9 Å². The molecule has 3 nitrogen and oxygen atoms in total. The van der Waals surface area contributed by atoms with Crippen molar-refractivity contribution in [3.8, 4) is 0 Å². The molecule has 94 valence electrons. The third kappa shape index (κ3) is 3.67. The molecule has 0 bridgehead atoms. The van der Waals surface area contributed by atoms with Gasteiger partial charge in [-0.25, -0.2) is 4.98 Å². The normalized spacial score (nSPS) is 10.3. The topological polar surface area (TPSA) is 42.0 Å². The van der Waals surface area contributed by atoms with Crippen molar-refractivity contribution in [1.29, 1.82) is 0 Å². The lowest BCUT2D eigenvalue weighted by Gasteiger charge is -2.05.